The molecule has 0 saturated carbocycles. The van der Waals surface area contributed by atoms with E-state index in [1.165, 1.54) is 4.68 Å². The van der Waals surface area contributed by atoms with E-state index in [1.54, 1.807) is 22.4 Å². The summed E-state index contributed by atoms with van der Waals surface area (Å²) in [7, 11) is 0. The maximum atomic E-state index is 13.1. The van der Waals surface area contributed by atoms with Gasteiger partial charge in [0.1, 0.15) is 6.54 Å². The number of aromatic nitrogens is 3. The van der Waals surface area contributed by atoms with Gasteiger partial charge < -0.3 is 10.6 Å². The molecule has 2 aromatic heterocycles. The minimum Gasteiger partial charge on any atom is -0.325 e. The van der Waals surface area contributed by atoms with Crippen LogP contribution in [0.25, 0.3) is 11.1 Å². The quantitative estimate of drug-likeness (QED) is 0.510. The molecule has 0 spiro atoms. The van der Waals surface area contributed by atoms with Crippen molar-refractivity contribution in [3.8, 4) is 11.1 Å². The molecule has 4 aromatic rings. The number of amides is 1. The van der Waals surface area contributed by atoms with Gasteiger partial charge in [-0.05, 0) is 45.6 Å². The van der Waals surface area contributed by atoms with Crippen LogP contribution in [0.2, 0.25) is 0 Å². The number of hydrogen-bond donors (Lipinski definition) is 1. The third-order valence-corrected chi connectivity index (χ3v) is 5.33. The zero-order chi connectivity index (χ0) is 20.1. The van der Waals surface area contributed by atoms with Crippen LogP contribution in [-0.4, -0.2) is 20.9 Å². The summed E-state index contributed by atoms with van der Waals surface area (Å²) in [6.07, 6.45) is 1.71. The second-order valence-corrected chi connectivity index (χ2v) is 7.42. The number of nitrogens with zero attached hydrogens (tertiary/aromatic N) is 4. The lowest BCUT2D eigenvalue weighted by atomic mass is 10.1. The molecule has 0 fully saturated rings. The van der Waals surface area contributed by atoms with E-state index in [1.807, 2.05) is 53.9 Å². The van der Waals surface area contributed by atoms with E-state index in [0.717, 1.165) is 22.4 Å². The average Bonchev–Trinajstić information content (AvgIpc) is 3.44. The normalized spacial score (nSPS) is 10.8. The summed E-state index contributed by atoms with van der Waals surface area (Å²) in [6.45, 7) is 0.913. The highest BCUT2D eigenvalue weighted by molar-refractivity contribution is 7.07. The van der Waals surface area contributed by atoms with E-state index in [4.69, 9.17) is 5.73 Å². The van der Waals surface area contributed by atoms with E-state index < -0.39 is 0 Å². The Labute approximate surface area is 173 Å². The molecule has 6 nitrogen and oxygen atoms in total. The first-order valence-electron chi connectivity index (χ1n) is 9.29. The average molecular weight is 404 g/mol. The molecule has 0 bridgehead atoms. The summed E-state index contributed by atoms with van der Waals surface area (Å²) in [6, 6.07) is 20.3. The highest BCUT2D eigenvalue weighted by Crippen LogP contribution is 2.25. The Kier molecular flexibility index (Phi) is 5.79. The predicted molar refractivity (Wildman–Crippen MR) is 115 cm³/mol. The summed E-state index contributed by atoms with van der Waals surface area (Å²) < 4.78 is 1.53. The van der Waals surface area contributed by atoms with E-state index in [9.17, 15) is 4.79 Å². The summed E-state index contributed by atoms with van der Waals surface area (Å²) in [5, 5.41) is 12.0. The van der Waals surface area contributed by atoms with E-state index >= 15 is 0 Å². The van der Waals surface area contributed by atoms with Crippen LogP contribution in [0.1, 0.15) is 11.3 Å². The van der Waals surface area contributed by atoms with E-state index in [0.29, 0.717) is 18.8 Å². The molecule has 7 heteroatoms. The second kappa shape index (κ2) is 8.81. The van der Waals surface area contributed by atoms with Crippen molar-refractivity contribution in [2.75, 3.05) is 4.90 Å². The first-order chi connectivity index (χ1) is 14.2. The molecule has 1 amide bonds. The van der Waals surface area contributed by atoms with Crippen LogP contribution in [0.4, 0.5) is 5.69 Å². The Balaban J connectivity index is 1.58. The largest absolute Gasteiger partial charge is 0.325 e. The van der Waals surface area contributed by atoms with Crippen molar-refractivity contribution in [1.29, 1.82) is 0 Å². The van der Waals surface area contributed by atoms with Gasteiger partial charge in [0, 0.05) is 12.2 Å². The highest BCUT2D eigenvalue weighted by atomic mass is 32.1. The Morgan fingerprint density at radius 1 is 1.03 bits per heavy atom. The van der Waals surface area contributed by atoms with Gasteiger partial charge in [0.25, 0.3) is 0 Å². The Hall–Kier alpha value is -3.29. The van der Waals surface area contributed by atoms with Gasteiger partial charge in [-0.1, -0.05) is 47.7 Å². The standard InChI is InChI=1S/C22H21N5OS/c23-12-20-14-26(25-24-20)15-22(28)27(13-17-10-11-29-16-17)21-8-6-19(7-9-21)18-4-2-1-3-5-18/h1-11,14,16H,12-13,15,23H2. The van der Waals surface area contributed by atoms with E-state index in [2.05, 4.69) is 27.8 Å². The molecule has 29 heavy (non-hydrogen) atoms. The second-order valence-electron chi connectivity index (χ2n) is 6.64. The molecule has 0 aliphatic carbocycles. The molecule has 146 valence electrons. The molecule has 0 unspecified atom stereocenters. The zero-order valence-electron chi connectivity index (χ0n) is 15.8. The number of thiophene rings is 1. The van der Waals surface area contributed by atoms with Gasteiger partial charge in [-0.25, -0.2) is 4.68 Å². The van der Waals surface area contributed by atoms with Crippen molar-refractivity contribution in [3.63, 3.8) is 0 Å². The predicted octanol–water partition coefficient (Wildman–Crippen LogP) is 3.70. The highest BCUT2D eigenvalue weighted by Gasteiger charge is 2.18. The number of hydrogen-bond acceptors (Lipinski definition) is 5. The lowest BCUT2D eigenvalue weighted by Crippen LogP contribution is -2.33. The van der Waals surface area contributed by atoms with Crippen LogP contribution in [-0.2, 0) is 24.4 Å². The SMILES string of the molecule is NCc1cn(CC(=O)N(Cc2ccsc2)c2ccc(-c3ccccc3)cc2)nn1. The van der Waals surface area contributed by atoms with Crippen LogP contribution >= 0.6 is 11.3 Å². The van der Waals surface area contributed by atoms with E-state index in [-0.39, 0.29) is 12.5 Å². The van der Waals surface area contributed by atoms with Gasteiger partial charge in [0.05, 0.1) is 18.4 Å². The topological polar surface area (TPSA) is 77.0 Å². The monoisotopic (exact) mass is 403 g/mol. The maximum Gasteiger partial charge on any atom is 0.249 e. The number of carbonyl (C=O) groups is 1. The van der Waals surface area contributed by atoms with Crippen LogP contribution in [0.5, 0.6) is 0 Å². The van der Waals surface area contributed by atoms with Crippen molar-refractivity contribution in [3.05, 3.63) is 88.9 Å². The van der Waals surface area contributed by atoms with Gasteiger partial charge >= 0.3 is 0 Å². The van der Waals surface area contributed by atoms with Crippen molar-refractivity contribution < 1.29 is 4.79 Å². The van der Waals surface area contributed by atoms with Crippen molar-refractivity contribution in [2.24, 2.45) is 5.73 Å². The number of nitrogens with two attached hydrogens (primary N) is 1. The van der Waals surface area contributed by atoms with Crippen LogP contribution < -0.4 is 10.6 Å². The van der Waals surface area contributed by atoms with Crippen molar-refractivity contribution in [1.82, 2.24) is 15.0 Å². The lowest BCUT2D eigenvalue weighted by Gasteiger charge is -2.23. The summed E-state index contributed by atoms with van der Waals surface area (Å²) in [5.74, 6) is -0.0582. The Bertz CT molecular complexity index is 1060. The molecule has 2 heterocycles. The van der Waals surface area contributed by atoms with Gasteiger partial charge in [-0.2, -0.15) is 11.3 Å². The summed E-state index contributed by atoms with van der Waals surface area (Å²) in [5.41, 5.74) is 10.4. The molecular weight excluding hydrogens is 382 g/mol. The summed E-state index contributed by atoms with van der Waals surface area (Å²) in [4.78, 5) is 14.9. The minimum absolute atomic E-state index is 0.0582. The fraction of sp³-hybridized carbons (Fsp3) is 0.136. The van der Waals surface area contributed by atoms with Crippen molar-refractivity contribution >= 4 is 22.9 Å². The third kappa shape index (κ3) is 4.59. The summed E-state index contributed by atoms with van der Waals surface area (Å²) >= 11 is 1.62. The first-order valence-corrected chi connectivity index (χ1v) is 10.2. The minimum atomic E-state index is -0.0582. The first kappa shape index (κ1) is 19.0. The van der Waals surface area contributed by atoms with Crippen LogP contribution in [0.3, 0.4) is 0 Å². The smallest absolute Gasteiger partial charge is 0.249 e. The van der Waals surface area contributed by atoms with Gasteiger partial charge in [0.2, 0.25) is 5.91 Å². The molecule has 0 aliphatic heterocycles. The molecule has 2 aromatic carbocycles. The zero-order valence-corrected chi connectivity index (χ0v) is 16.6. The molecule has 0 saturated heterocycles. The third-order valence-electron chi connectivity index (χ3n) is 4.60. The van der Waals surface area contributed by atoms with Gasteiger partial charge in [0.15, 0.2) is 0 Å². The Morgan fingerprint density at radius 2 is 1.79 bits per heavy atom. The van der Waals surface area contributed by atoms with Gasteiger partial charge in [-0.3, -0.25) is 4.79 Å². The number of anilines is 1. The van der Waals surface area contributed by atoms with Crippen LogP contribution in [0.15, 0.2) is 77.6 Å². The number of benzene rings is 2. The molecule has 2 N–H and O–H groups in total. The molecule has 0 aliphatic rings. The number of carbonyl (C=O) groups excluding carboxylic acids is 1. The fourth-order valence-electron chi connectivity index (χ4n) is 3.09. The lowest BCUT2D eigenvalue weighted by molar-refractivity contribution is -0.119. The number of rotatable bonds is 7. The molecular formula is C22H21N5OS. The molecule has 0 atom stereocenters. The fourth-order valence-corrected chi connectivity index (χ4v) is 3.75. The van der Waals surface area contributed by atoms with Crippen molar-refractivity contribution in [2.45, 2.75) is 19.6 Å². The van der Waals surface area contributed by atoms with Gasteiger partial charge in [-0.15, -0.1) is 5.10 Å². The maximum absolute atomic E-state index is 13.1. The van der Waals surface area contributed by atoms with Crippen LogP contribution in [0, 0.1) is 0 Å². The molecule has 0 radical (unpaired) electrons. The molecule has 4 rings (SSSR count). The Morgan fingerprint density at radius 3 is 2.45 bits per heavy atom.